The molecule has 2 heteroatoms. The van der Waals surface area contributed by atoms with Gasteiger partial charge in [-0.2, -0.15) is 0 Å². The maximum Gasteiger partial charge on any atom is 0.0215 e. The Hall–Kier alpha value is 0.180. The van der Waals surface area contributed by atoms with Crippen molar-refractivity contribution in [1.82, 2.24) is 0 Å². The fraction of sp³-hybridized carbons (Fsp3) is 0.333. The van der Waals surface area contributed by atoms with E-state index in [1.807, 2.05) is 0 Å². The Bertz CT molecular complexity index is 257. The van der Waals surface area contributed by atoms with Gasteiger partial charge < -0.3 is 0 Å². The second kappa shape index (κ2) is 3.72. The average molecular weight is 278 g/mol. The molecule has 0 aromatic carbocycles. The molecule has 1 aliphatic carbocycles. The van der Waals surface area contributed by atoms with Crippen LogP contribution in [0.4, 0.5) is 0 Å². The molecule has 0 spiro atoms. The summed E-state index contributed by atoms with van der Waals surface area (Å²) in [5.41, 5.74) is 2.67. The lowest BCUT2D eigenvalue weighted by molar-refractivity contribution is 1.28. The van der Waals surface area contributed by atoms with Crippen molar-refractivity contribution in [3.8, 4) is 0 Å². The van der Waals surface area contributed by atoms with Gasteiger partial charge in [0.25, 0.3) is 0 Å². The van der Waals surface area contributed by atoms with Gasteiger partial charge in [-0.05, 0) is 36.4 Å². The molecular formula is C9H10Br2. The molecule has 0 aliphatic heterocycles. The van der Waals surface area contributed by atoms with Gasteiger partial charge in [-0.1, -0.05) is 43.5 Å². The normalized spacial score (nSPS) is 19.3. The average Bonchev–Trinajstić information content (AvgIpc) is 2.05. The molecule has 0 aromatic heterocycles. The van der Waals surface area contributed by atoms with Gasteiger partial charge in [0.15, 0.2) is 0 Å². The van der Waals surface area contributed by atoms with E-state index in [0.29, 0.717) is 0 Å². The number of rotatable bonds is 0. The molecular weight excluding hydrogens is 268 g/mol. The Balaban J connectivity index is 3.08. The summed E-state index contributed by atoms with van der Waals surface area (Å²) in [6, 6.07) is 0. The van der Waals surface area contributed by atoms with Crippen LogP contribution in [-0.2, 0) is 0 Å². The van der Waals surface area contributed by atoms with E-state index < -0.39 is 0 Å². The Morgan fingerprint density at radius 3 is 2.55 bits per heavy atom. The van der Waals surface area contributed by atoms with Crippen LogP contribution in [0.15, 0.2) is 32.3 Å². The molecule has 0 saturated carbocycles. The zero-order valence-corrected chi connectivity index (χ0v) is 9.79. The molecule has 0 nitrogen and oxygen atoms in total. The van der Waals surface area contributed by atoms with E-state index in [-0.39, 0.29) is 0 Å². The summed E-state index contributed by atoms with van der Waals surface area (Å²) in [4.78, 5) is 0. The Labute approximate surface area is 84.3 Å². The highest BCUT2D eigenvalue weighted by atomic mass is 79.9. The largest absolute Gasteiger partial charge is 0.0764 e. The van der Waals surface area contributed by atoms with Crippen molar-refractivity contribution in [3.05, 3.63) is 32.3 Å². The first-order valence-electron chi connectivity index (χ1n) is 3.51. The van der Waals surface area contributed by atoms with Gasteiger partial charge >= 0.3 is 0 Å². The molecule has 0 unspecified atom stereocenters. The van der Waals surface area contributed by atoms with E-state index in [0.717, 1.165) is 6.42 Å². The van der Waals surface area contributed by atoms with E-state index in [1.54, 1.807) is 0 Å². The highest BCUT2D eigenvalue weighted by Gasteiger charge is 2.03. The molecule has 60 valence electrons. The van der Waals surface area contributed by atoms with Crippen molar-refractivity contribution in [1.29, 1.82) is 0 Å². The first kappa shape index (κ1) is 9.27. The molecule has 0 N–H and O–H groups in total. The maximum absolute atomic E-state index is 3.52. The van der Waals surface area contributed by atoms with Crippen LogP contribution in [0.1, 0.15) is 20.3 Å². The van der Waals surface area contributed by atoms with Crippen molar-refractivity contribution in [2.75, 3.05) is 0 Å². The number of allylic oxidation sites excluding steroid dienone is 6. The zero-order valence-electron chi connectivity index (χ0n) is 6.62. The Kier molecular flexibility index (Phi) is 3.14. The van der Waals surface area contributed by atoms with Crippen LogP contribution in [0.2, 0.25) is 0 Å². The van der Waals surface area contributed by atoms with E-state index in [9.17, 15) is 0 Å². The van der Waals surface area contributed by atoms with E-state index in [2.05, 4.69) is 57.9 Å². The molecule has 0 saturated heterocycles. The van der Waals surface area contributed by atoms with Gasteiger partial charge in [-0.25, -0.2) is 0 Å². The third kappa shape index (κ3) is 2.31. The van der Waals surface area contributed by atoms with Gasteiger partial charge in [-0.3, -0.25) is 0 Å². The van der Waals surface area contributed by atoms with Gasteiger partial charge in [0, 0.05) is 4.48 Å². The molecule has 1 rings (SSSR count). The molecule has 0 atom stereocenters. The third-order valence-corrected chi connectivity index (χ3v) is 3.21. The van der Waals surface area contributed by atoms with E-state index in [1.165, 1.54) is 20.1 Å². The first-order valence-corrected chi connectivity index (χ1v) is 5.09. The topological polar surface area (TPSA) is 0 Å². The second-order valence-corrected chi connectivity index (χ2v) is 4.53. The van der Waals surface area contributed by atoms with Crippen LogP contribution in [0.25, 0.3) is 0 Å². The summed E-state index contributed by atoms with van der Waals surface area (Å²) in [5, 5.41) is 0. The molecule has 0 aromatic rings. The van der Waals surface area contributed by atoms with Crippen LogP contribution < -0.4 is 0 Å². The lowest BCUT2D eigenvalue weighted by Gasteiger charge is -1.99. The molecule has 11 heavy (non-hydrogen) atoms. The predicted octanol–water partition coefficient (Wildman–Crippen LogP) is 4.28. The second-order valence-electron chi connectivity index (χ2n) is 2.66. The van der Waals surface area contributed by atoms with Crippen molar-refractivity contribution in [2.24, 2.45) is 0 Å². The molecule has 0 fully saturated rings. The van der Waals surface area contributed by atoms with Crippen LogP contribution in [0.5, 0.6) is 0 Å². The van der Waals surface area contributed by atoms with Crippen molar-refractivity contribution < 1.29 is 0 Å². The molecule has 1 aliphatic rings. The summed E-state index contributed by atoms with van der Waals surface area (Å²) in [6.45, 7) is 4.26. The number of hydrogen-bond donors (Lipinski definition) is 0. The maximum atomic E-state index is 3.52. The van der Waals surface area contributed by atoms with Crippen LogP contribution >= 0.6 is 31.9 Å². The summed E-state index contributed by atoms with van der Waals surface area (Å²) in [5.74, 6) is 0. The monoisotopic (exact) mass is 276 g/mol. The number of halogens is 2. The van der Waals surface area contributed by atoms with Crippen molar-refractivity contribution in [3.63, 3.8) is 0 Å². The molecule has 0 heterocycles. The van der Waals surface area contributed by atoms with Crippen LogP contribution in [0.3, 0.4) is 0 Å². The Morgan fingerprint density at radius 2 is 1.91 bits per heavy atom. The minimum absolute atomic E-state index is 0.998. The lowest BCUT2D eigenvalue weighted by atomic mass is 10.1. The zero-order chi connectivity index (χ0) is 8.43. The molecule has 0 amide bonds. The quantitative estimate of drug-likeness (QED) is 0.620. The first-order chi connectivity index (χ1) is 5.11. The summed E-state index contributed by atoms with van der Waals surface area (Å²) >= 11 is 7.00. The standard InChI is InChI=1S/C9H10Br2/c1-6-3-4-8(10)5-9(11)7(6)2/h3,5H,4H2,1-2H3. The summed E-state index contributed by atoms with van der Waals surface area (Å²) < 4.78 is 2.40. The SMILES string of the molecule is CC1=CCC(Br)=CC(Br)=C1C. The minimum Gasteiger partial charge on any atom is -0.0764 e. The number of hydrogen-bond acceptors (Lipinski definition) is 0. The fourth-order valence-corrected chi connectivity index (χ4v) is 2.18. The smallest absolute Gasteiger partial charge is 0.0215 e. The van der Waals surface area contributed by atoms with Gasteiger partial charge in [0.1, 0.15) is 0 Å². The van der Waals surface area contributed by atoms with Crippen molar-refractivity contribution in [2.45, 2.75) is 20.3 Å². The molecule has 0 bridgehead atoms. The van der Waals surface area contributed by atoms with E-state index in [4.69, 9.17) is 0 Å². The fourth-order valence-electron chi connectivity index (χ4n) is 0.897. The third-order valence-electron chi connectivity index (χ3n) is 1.84. The van der Waals surface area contributed by atoms with Crippen molar-refractivity contribution >= 4 is 31.9 Å². The predicted molar refractivity (Wildman–Crippen MR) is 57.0 cm³/mol. The van der Waals surface area contributed by atoms with Crippen LogP contribution in [0, 0.1) is 0 Å². The van der Waals surface area contributed by atoms with Gasteiger partial charge in [-0.15, -0.1) is 0 Å². The Morgan fingerprint density at radius 1 is 1.27 bits per heavy atom. The highest BCUT2D eigenvalue weighted by Crippen LogP contribution is 2.28. The summed E-state index contributed by atoms with van der Waals surface area (Å²) in [6.07, 6.45) is 5.34. The highest BCUT2D eigenvalue weighted by molar-refractivity contribution is 9.12. The van der Waals surface area contributed by atoms with Crippen LogP contribution in [-0.4, -0.2) is 0 Å². The minimum atomic E-state index is 0.998. The lowest BCUT2D eigenvalue weighted by Crippen LogP contribution is -1.78. The van der Waals surface area contributed by atoms with Gasteiger partial charge in [0.2, 0.25) is 0 Å². The van der Waals surface area contributed by atoms with E-state index >= 15 is 0 Å². The summed E-state index contributed by atoms with van der Waals surface area (Å²) in [7, 11) is 0. The van der Waals surface area contributed by atoms with Gasteiger partial charge in [0.05, 0.1) is 0 Å². The molecule has 0 radical (unpaired) electrons.